The van der Waals surface area contributed by atoms with E-state index in [1.54, 1.807) is 11.8 Å². The highest BCUT2D eigenvalue weighted by Gasteiger charge is 2.15. The summed E-state index contributed by atoms with van der Waals surface area (Å²) < 4.78 is 0. The lowest BCUT2D eigenvalue weighted by Gasteiger charge is -2.19. The van der Waals surface area contributed by atoms with Crippen molar-refractivity contribution in [2.24, 2.45) is 16.1 Å². The molecule has 0 saturated carbocycles. The highest BCUT2D eigenvalue weighted by molar-refractivity contribution is 7.98. The molecule has 0 spiro atoms. The van der Waals surface area contributed by atoms with Crippen LogP contribution in [-0.4, -0.2) is 23.9 Å². The molecule has 0 heterocycles. The van der Waals surface area contributed by atoms with E-state index in [0.29, 0.717) is 6.04 Å². The van der Waals surface area contributed by atoms with Crippen LogP contribution in [-0.2, 0) is 0 Å². The van der Waals surface area contributed by atoms with E-state index in [2.05, 4.69) is 38.9 Å². The molecule has 0 fully saturated rings. The molecule has 12 heavy (non-hydrogen) atoms. The third-order valence-corrected chi connectivity index (χ3v) is 2.35. The SMILES string of the molecule is CSCC(C)N=C(N)C(C)(C)C. The van der Waals surface area contributed by atoms with Crippen LogP contribution in [0.4, 0.5) is 0 Å². The summed E-state index contributed by atoms with van der Waals surface area (Å²) in [6.07, 6.45) is 2.08. The fourth-order valence-electron chi connectivity index (χ4n) is 0.710. The van der Waals surface area contributed by atoms with Gasteiger partial charge in [0.15, 0.2) is 0 Å². The molecule has 0 bridgehead atoms. The zero-order valence-electron chi connectivity index (χ0n) is 8.72. The van der Waals surface area contributed by atoms with Gasteiger partial charge in [-0.2, -0.15) is 11.8 Å². The first-order chi connectivity index (χ1) is 5.38. The molecule has 2 N–H and O–H groups in total. The van der Waals surface area contributed by atoms with E-state index in [1.165, 1.54) is 0 Å². The number of aliphatic imine (C=N–C) groups is 1. The second-order valence-electron chi connectivity index (χ2n) is 4.07. The van der Waals surface area contributed by atoms with Gasteiger partial charge in [-0.25, -0.2) is 0 Å². The zero-order valence-corrected chi connectivity index (χ0v) is 9.53. The second-order valence-corrected chi connectivity index (χ2v) is 4.98. The summed E-state index contributed by atoms with van der Waals surface area (Å²) >= 11 is 1.80. The van der Waals surface area contributed by atoms with E-state index in [0.717, 1.165) is 11.6 Å². The van der Waals surface area contributed by atoms with Gasteiger partial charge in [-0.05, 0) is 13.2 Å². The minimum absolute atomic E-state index is 0.00662. The number of nitrogens with two attached hydrogens (primary N) is 1. The van der Waals surface area contributed by atoms with Crippen molar-refractivity contribution < 1.29 is 0 Å². The summed E-state index contributed by atoms with van der Waals surface area (Å²) in [6.45, 7) is 8.34. The number of hydrogen-bond donors (Lipinski definition) is 1. The summed E-state index contributed by atoms with van der Waals surface area (Å²) in [4.78, 5) is 4.41. The largest absolute Gasteiger partial charge is 0.387 e. The number of nitrogens with zero attached hydrogens (tertiary/aromatic N) is 1. The number of rotatable bonds is 3. The van der Waals surface area contributed by atoms with Gasteiger partial charge in [0.2, 0.25) is 0 Å². The third-order valence-electron chi connectivity index (χ3n) is 1.54. The minimum atomic E-state index is 0.00662. The fourth-order valence-corrected chi connectivity index (χ4v) is 1.27. The van der Waals surface area contributed by atoms with Crippen LogP contribution in [0.25, 0.3) is 0 Å². The average molecular weight is 188 g/mol. The molecular weight excluding hydrogens is 168 g/mol. The molecule has 0 rings (SSSR count). The van der Waals surface area contributed by atoms with E-state index >= 15 is 0 Å². The lowest BCUT2D eigenvalue weighted by Crippen LogP contribution is -2.30. The van der Waals surface area contributed by atoms with Gasteiger partial charge in [-0.3, -0.25) is 4.99 Å². The third kappa shape index (κ3) is 4.65. The molecule has 72 valence electrons. The molecule has 0 saturated heterocycles. The van der Waals surface area contributed by atoms with Gasteiger partial charge in [0.25, 0.3) is 0 Å². The minimum Gasteiger partial charge on any atom is -0.387 e. The van der Waals surface area contributed by atoms with Crippen molar-refractivity contribution in [2.45, 2.75) is 33.7 Å². The van der Waals surface area contributed by atoms with Crippen molar-refractivity contribution in [3.8, 4) is 0 Å². The van der Waals surface area contributed by atoms with Crippen molar-refractivity contribution >= 4 is 17.6 Å². The predicted molar refractivity (Wildman–Crippen MR) is 58.9 cm³/mol. The standard InChI is InChI=1S/C9H20N2S/c1-7(6-12-5)11-8(10)9(2,3)4/h7H,6H2,1-5H3,(H2,10,11). The average Bonchev–Trinajstić information content (AvgIpc) is 1.85. The Labute approximate surface area is 80.0 Å². The van der Waals surface area contributed by atoms with Gasteiger partial charge in [0.1, 0.15) is 0 Å². The first kappa shape index (κ1) is 11.8. The topological polar surface area (TPSA) is 38.4 Å². The van der Waals surface area contributed by atoms with E-state index in [1.807, 2.05) is 0 Å². The van der Waals surface area contributed by atoms with Gasteiger partial charge in [0.05, 0.1) is 11.9 Å². The van der Waals surface area contributed by atoms with Crippen LogP contribution in [0, 0.1) is 5.41 Å². The molecule has 0 aliphatic carbocycles. The first-order valence-corrected chi connectivity index (χ1v) is 5.60. The quantitative estimate of drug-likeness (QED) is 0.544. The van der Waals surface area contributed by atoms with Gasteiger partial charge < -0.3 is 5.73 Å². The Kier molecular flexibility index (Phi) is 4.68. The summed E-state index contributed by atoms with van der Waals surface area (Å²) in [5, 5.41) is 0. The number of thioether (sulfide) groups is 1. The van der Waals surface area contributed by atoms with Gasteiger partial charge in [-0.1, -0.05) is 20.8 Å². The van der Waals surface area contributed by atoms with Crippen LogP contribution in [0.1, 0.15) is 27.7 Å². The Balaban J connectivity index is 4.16. The van der Waals surface area contributed by atoms with E-state index in [-0.39, 0.29) is 5.41 Å². The molecule has 2 nitrogen and oxygen atoms in total. The van der Waals surface area contributed by atoms with Crippen molar-refractivity contribution in [3.63, 3.8) is 0 Å². The van der Waals surface area contributed by atoms with Crippen LogP contribution in [0.15, 0.2) is 4.99 Å². The number of amidine groups is 1. The smallest absolute Gasteiger partial charge is 0.0994 e. The molecule has 0 aromatic carbocycles. The van der Waals surface area contributed by atoms with Crippen LogP contribution < -0.4 is 5.73 Å². The molecule has 1 atom stereocenters. The molecule has 0 aromatic heterocycles. The van der Waals surface area contributed by atoms with Crippen LogP contribution in [0.5, 0.6) is 0 Å². The summed E-state index contributed by atoms with van der Waals surface area (Å²) in [5.74, 6) is 1.79. The molecule has 0 aliphatic rings. The van der Waals surface area contributed by atoms with Crippen LogP contribution in [0.2, 0.25) is 0 Å². The Bertz CT molecular complexity index is 158. The highest BCUT2D eigenvalue weighted by Crippen LogP contribution is 2.14. The van der Waals surface area contributed by atoms with Crippen molar-refractivity contribution in [2.75, 3.05) is 12.0 Å². The van der Waals surface area contributed by atoms with E-state index in [9.17, 15) is 0 Å². The summed E-state index contributed by atoms with van der Waals surface area (Å²) in [6, 6.07) is 0.333. The van der Waals surface area contributed by atoms with Gasteiger partial charge in [0, 0.05) is 11.2 Å². The van der Waals surface area contributed by atoms with E-state index < -0.39 is 0 Å². The molecule has 1 unspecified atom stereocenters. The van der Waals surface area contributed by atoms with Crippen LogP contribution in [0.3, 0.4) is 0 Å². The van der Waals surface area contributed by atoms with Crippen molar-refractivity contribution in [1.29, 1.82) is 0 Å². The van der Waals surface area contributed by atoms with Crippen molar-refractivity contribution in [1.82, 2.24) is 0 Å². The zero-order chi connectivity index (χ0) is 9.78. The Morgan fingerprint density at radius 1 is 1.50 bits per heavy atom. The maximum atomic E-state index is 5.82. The van der Waals surface area contributed by atoms with E-state index in [4.69, 9.17) is 5.73 Å². The Morgan fingerprint density at radius 2 is 2.00 bits per heavy atom. The second kappa shape index (κ2) is 4.75. The Morgan fingerprint density at radius 3 is 2.33 bits per heavy atom. The molecule has 3 heteroatoms. The monoisotopic (exact) mass is 188 g/mol. The molecule has 0 aromatic rings. The lowest BCUT2D eigenvalue weighted by molar-refractivity contribution is 0.577. The van der Waals surface area contributed by atoms with Gasteiger partial charge >= 0.3 is 0 Å². The normalized spacial score (nSPS) is 16.2. The molecule has 0 radical (unpaired) electrons. The predicted octanol–water partition coefficient (Wildman–Crippen LogP) is 2.14. The highest BCUT2D eigenvalue weighted by atomic mass is 32.2. The van der Waals surface area contributed by atoms with Gasteiger partial charge in [-0.15, -0.1) is 0 Å². The number of hydrogen-bond acceptors (Lipinski definition) is 2. The molecular formula is C9H20N2S. The molecule has 0 amide bonds. The summed E-state index contributed by atoms with van der Waals surface area (Å²) in [5.41, 5.74) is 5.83. The maximum absolute atomic E-state index is 5.82. The maximum Gasteiger partial charge on any atom is 0.0994 e. The first-order valence-electron chi connectivity index (χ1n) is 4.20. The lowest BCUT2D eigenvalue weighted by atomic mass is 9.95. The van der Waals surface area contributed by atoms with Crippen molar-refractivity contribution in [3.05, 3.63) is 0 Å². The summed E-state index contributed by atoms with van der Waals surface area (Å²) in [7, 11) is 0. The Hall–Kier alpha value is -0.180. The molecule has 0 aliphatic heterocycles. The fraction of sp³-hybridized carbons (Fsp3) is 0.889. The van der Waals surface area contributed by atoms with Crippen LogP contribution >= 0.6 is 11.8 Å².